The average Bonchev–Trinajstić information content (AvgIpc) is 3.21. The van der Waals surface area contributed by atoms with Gasteiger partial charge in [0.1, 0.15) is 0 Å². The van der Waals surface area contributed by atoms with Crippen molar-refractivity contribution in [1.29, 1.82) is 0 Å². The average molecular weight is 297 g/mol. The largest absolute Gasteiger partial charge is 0.465 e. The molecule has 2 amide bonds. The fourth-order valence-corrected chi connectivity index (χ4v) is 4.09. The molecule has 22 heavy (non-hydrogen) atoms. The Bertz CT molecular complexity index is 693. The molecule has 0 N–H and O–H groups in total. The summed E-state index contributed by atoms with van der Waals surface area (Å²) in [6, 6.07) is 6.59. The van der Waals surface area contributed by atoms with Crippen molar-refractivity contribution in [3.63, 3.8) is 0 Å². The van der Waals surface area contributed by atoms with Gasteiger partial charge in [0.25, 0.3) is 0 Å². The highest BCUT2D eigenvalue weighted by Crippen LogP contribution is 2.53. The summed E-state index contributed by atoms with van der Waals surface area (Å²) in [4.78, 5) is 38.6. The molecule has 3 aliphatic rings. The standard InChI is InChI=1S/C17H15NO4/c1-22-17(21)11-4-2-3-5-12(11)18-15(19)13-9-6-7-10(8-9)14(13)16(18)20/h2-7,9-10,13-14H,8H2,1H3/t9-,10-,13-,14-/m1/s1. The summed E-state index contributed by atoms with van der Waals surface area (Å²) in [5.41, 5.74) is 0.574. The number of anilines is 1. The molecular formula is C17H15NO4. The van der Waals surface area contributed by atoms with Crippen molar-refractivity contribution in [3.8, 4) is 0 Å². The maximum absolute atomic E-state index is 12.8. The minimum absolute atomic E-state index is 0.154. The Morgan fingerprint density at radius 2 is 1.68 bits per heavy atom. The fraction of sp³-hybridized carbons (Fsp3) is 0.353. The third-order valence-electron chi connectivity index (χ3n) is 5.02. The van der Waals surface area contributed by atoms with Gasteiger partial charge in [-0.2, -0.15) is 0 Å². The van der Waals surface area contributed by atoms with Gasteiger partial charge in [-0.3, -0.25) is 9.59 Å². The molecule has 4 atom stereocenters. The Morgan fingerprint density at radius 3 is 2.27 bits per heavy atom. The van der Waals surface area contributed by atoms with Gasteiger partial charge in [-0.15, -0.1) is 0 Å². The Morgan fingerprint density at radius 1 is 1.09 bits per heavy atom. The number of amides is 2. The van der Waals surface area contributed by atoms with Gasteiger partial charge < -0.3 is 4.74 Å². The van der Waals surface area contributed by atoms with Crippen LogP contribution in [0.1, 0.15) is 16.8 Å². The van der Waals surface area contributed by atoms with Crippen molar-refractivity contribution in [2.45, 2.75) is 6.42 Å². The van der Waals surface area contributed by atoms with Crippen LogP contribution in [0, 0.1) is 23.7 Å². The van der Waals surface area contributed by atoms with Gasteiger partial charge in [-0.05, 0) is 30.4 Å². The molecule has 112 valence electrons. The molecule has 2 fully saturated rings. The van der Waals surface area contributed by atoms with Crippen molar-refractivity contribution in [2.24, 2.45) is 23.7 Å². The SMILES string of the molecule is COC(=O)c1ccccc1N1C(=O)[C@H]2[C@H](C1=O)[C@@H]1C=C[C@@H]2C1. The second-order valence-electron chi connectivity index (χ2n) is 6.02. The number of hydrogen-bond acceptors (Lipinski definition) is 4. The molecule has 1 saturated carbocycles. The molecule has 4 rings (SSSR count). The number of nitrogens with zero attached hydrogens (tertiary/aromatic N) is 1. The van der Waals surface area contributed by atoms with E-state index in [2.05, 4.69) is 0 Å². The van der Waals surface area contributed by atoms with Gasteiger partial charge in [0.2, 0.25) is 11.8 Å². The van der Waals surface area contributed by atoms with Crippen molar-refractivity contribution in [3.05, 3.63) is 42.0 Å². The maximum Gasteiger partial charge on any atom is 0.339 e. The van der Waals surface area contributed by atoms with Gasteiger partial charge in [0.15, 0.2) is 0 Å². The molecule has 0 spiro atoms. The topological polar surface area (TPSA) is 63.7 Å². The molecule has 5 heteroatoms. The third kappa shape index (κ3) is 1.56. The Kier molecular flexibility index (Phi) is 2.73. The van der Waals surface area contributed by atoms with E-state index in [1.54, 1.807) is 24.3 Å². The smallest absolute Gasteiger partial charge is 0.339 e. The summed E-state index contributed by atoms with van der Waals surface area (Å²) in [7, 11) is 1.28. The summed E-state index contributed by atoms with van der Waals surface area (Å²) in [6.45, 7) is 0. The monoisotopic (exact) mass is 297 g/mol. The van der Waals surface area contributed by atoms with Gasteiger partial charge >= 0.3 is 5.97 Å². The van der Waals surface area contributed by atoms with E-state index >= 15 is 0 Å². The van der Waals surface area contributed by atoms with E-state index in [0.717, 1.165) is 6.42 Å². The van der Waals surface area contributed by atoms with E-state index in [9.17, 15) is 14.4 Å². The van der Waals surface area contributed by atoms with E-state index in [4.69, 9.17) is 4.74 Å². The zero-order chi connectivity index (χ0) is 15.4. The minimum atomic E-state index is -0.547. The number of benzene rings is 1. The first-order valence-corrected chi connectivity index (χ1v) is 7.37. The molecule has 1 aliphatic heterocycles. The van der Waals surface area contributed by atoms with Crippen molar-refractivity contribution < 1.29 is 19.1 Å². The first-order chi connectivity index (χ1) is 10.6. The minimum Gasteiger partial charge on any atom is -0.465 e. The zero-order valence-electron chi connectivity index (χ0n) is 12.1. The Labute approximate surface area is 127 Å². The van der Waals surface area contributed by atoms with Crippen LogP contribution in [-0.2, 0) is 14.3 Å². The van der Waals surface area contributed by atoms with Gasteiger partial charge in [0.05, 0.1) is 30.2 Å². The van der Waals surface area contributed by atoms with Crippen molar-refractivity contribution in [2.75, 3.05) is 12.0 Å². The fourth-order valence-electron chi connectivity index (χ4n) is 4.09. The highest BCUT2D eigenvalue weighted by molar-refractivity contribution is 6.24. The van der Waals surface area contributed by atoms with E-state index in [1.165, 1.54) is 12.0 Å². The molecule has 0 aromatic heterocycles. The van der Waals surface area contributed by atoms with Gasteiger partial charge in [0, 0.05) is 0 Å². The van der Waals surface area contributed by atoms with E-state index in [0.29, 0.717) is 5.69 Å². The van der Waals surface area contributed by atoms with Gasteiger partial charge in [-0.1, -0.05) is 24.3 Å². The van der Waals surface area contributed by atoms with Crippen LogP contribution >= 0.6 is 0 Å². The van der Waals surface area contributed by atoms with Gasteiger partial charge in [-0.25, -0.2) is 9.69 Å². The number of ether oxygens (including phenoxy) is 1. The molecule has 1 aromatic rings. The number of hydrogen-bond donors (Lipinski definition) is 0. The number of fused-ring (bicyclic) bond motifs is 5. The number of carbonyl (C=O) groups excluding carboxylic acids is 3. The normalized spacial score (nSPS) is 31.8. The van der Waals surface area contributed by atoms with E-state index in [-0.39, 0.29) is 41.0 Å². The lowest BCUT2D eigenvalue weighted by molar-refractivity contribution is -0.123. The molecule has 1 heterocycles. The van der Waals surface area contributed by atoms with Crippen molar-refractivity contribution >= 4 is 23.5 Å². The molecule has 5 nitrogen and oxygen atoms in total. The number of allylic oxidation sites excluding steroid dienone is 2. The number of para-hydroxylation sites is 1. The molecule has 1 saturated heterocycles. The van der Waals surface area contributed by atoms with Crippen LogP contribution in [0.3, 0.4) is 0 Å². The summed E-state index contributed by atoms with van der Waals surface area (Å²) >= 11 is 0. The second kappa shape index (κ2) is 4.53. The van der Waals surface area contributed by atoms with Crippen molar-refractivity contribution in [1.82, 2.24) is 0 Å². The summed E-state index contributed by atoms with van der Waals surface area (Å²) in [5.74, 6) is -1.16. The highest BCUT2D eigenvalue weighted by Gasteiger charge is 2.59. The summed E-state index contributed by atoms with van der Waals surface area (Å²) in [5, 5.41) is 0. The van der Waals surface area contributed by atoms with Crippen LogP contribution in [0.5, 0.6) is 0 Å². The van der Waals surface area contributed by atoms with Crippen LogP contribution < -0.4 is 4.90 Å². The van der Waals surface area contributed by atoms with E-state index < -0.39 is 5.97 Å². The van der Waals surface area contributed by atoms with Crippen LogP contribution in [0.25, 0.3) is 0 Å². The van der Waals surface area contributed by atoms with Crippen LogP contribution in [-0.4, -0.2) is 24.9 Å². The predicted octanol–water partition coefficient (Wildman–Crippen LogP) is 1.78. The molecular weight excluding hydrogens is 282 g/mol. The van der Waals surface area contributed by atoms with E-state index in [1.807, 2.05) is 12.2 Å². The van der Waals surface area contributed by atoms with Crippen LogP contribution in [0.4, 0.5) is 5.69 Å². The number of rotatable bonds is 2. The predicted molar refractivity (Wildman–Crippen MR) is 78.0 cm³/mol. The third-order valence-corrected chi connectivity index (χ3v) is 5.02. The first-order valence-electron chi connectivity index (χ1n) is 7.37. The first kappa shape index (κ1) is 13.2. The van der Waals surface area contributed by atoms with Crippen LogP contribution in [0.15, 0.2) is 36.4 Å². The second-order valence-corrected chi connectivity index (χ2v) is 6.02. The lowest BCUT2D eigenvalue weighted by Crippen LogP contribution is -2.34. The molecule has 1 aromatic carbocycles. The number of carbonyl (C=O) groups is 3. The van der Waals surface area contributed by atoms with Crippen LogP contribution in [0.2, 0.25) is 0 Å². The lowest BCUT2D eigenvalue weighted by atomic mass is 9.85. The number of esters is 1. The quantitative estimate of drug-likeness (QED) is 0.474. The number of imide groups is 1. The Balaban J connectivity index is 1.78. The Hall–Kier alpha value is -2.43. The number of methoxy groups -OCH3 is 1. The lowest BCUT2D eigenvalue weighted by Gasteiger charge is -2.19. The molecule has 0 unspecified atom stereocenters. The maximum atomic E-state index is 12.8. The zero-order valence-corrected chi connectivity index (χ0v) is 12.1. The molecule has 0 radical (unpaired) electrons. The molecule has 2 bridgehead atoms. The molecule has 2 aliphatic carbocycles. The summed E-state index contributed by atoms with van der Waals surface area (Å²) < 4.78 is 4.76. The summed E-state index contributed by atoms with van der Waals surface area (Å²) in [6.07, 6.45) is 4.98. The highest BCUT2D eigenvalue weighted by atomic mass is 16.5.